The van der Waals surface area contributed by atoms with Crippen molar-refractivity contribution < 1.29 is 0 Å². The highest BCUT2D eigenvalue weighted by atomic mass is 15.0. The molecule has 0 spiro atoms. The van der Waals surface area contributed by atoms with Crippen LogP contribution in [0.4, 0.5) is 0 Å². The second-order valence-corrected chi connectivity index (χ2v) is 12.3. The maximum absolute atomic E-state index is 10.8. The maximum Gasteiger partial charge on any atom is 0.0998 e. The van der Waals surface area contributed by atoms with Gasteiger partial charge in [-0.2, -0.15) is 10.5 Å². The van der Waals surface area contributed by atoms with Gasteiger partial charge in [0.15, 0.2) is 0 Å². The van der Waals surface area contributed by atoms with Crippen molar-refractivity contribution >= 4 is 48.9 Å². The van der Waals surface area contributed by atoms with Crippen molar-refractivity contribution in [2.75, 3.05) is 0 Å². The van der Waals surface area contributed by atoms with Gasteiger partial charge in [0.05, 0.1) is 40.0 Å². The van der Waals surface area contributed by atoms with E-state index < -0.39 is 0 Å². The van der Waals surface area contributed by atoms with Crippen LogP contribution in [0.1, 0.15) is 23.6 Å². The summed E-state index contributed by atoms with van der Waals surface area (Å²) < 4.78 is 2.24. The van der Waals surface area contributed by atoms with Gasteiger partial charge >= 0.3 is 0 Å². The summed E-state index contributed by atoms with van der Waals surface area (Å²) in [6.07, 6.45) is 7.85. The minimum Gasteiger partial charge on any atom is -0.309 e. The number of para-hydroxylation sites is 2. The summed E-state index contributed by atoms with van der Waals surface area (Å²) in [6, 6.07) is 50.5. The molecule has 0 amide bonds. The number of nitrogens with zero attached hydrogens (tertiary/aromatic N) is 3. The lowest BCUT2D eigenvalue weighted by Crippen LogP contribution is -2.02. The molecule has 0 aliphatic heterocycles. The van der Waals surface area contributed by atoms with Crippen LogP contribution in [0.15, 0.2) is 164 Å². The first-order chi connectivity index (χ1) is 24.7. The van der Waals surface area contributed by atoms with Crippen molar-refractivity contribution in [2.24, 2.45) is 0 Å². The Bertz CT molecular complexity index is 2700. The Balaban J connectivity index is 1.54. The Morgan fingerprint density at radius 2 is 1.04 bits per heavy atom. The minimum absolute atomic E-state index is 0.506. The van der Waals surface area contributed by atoms with Crippen molar-refractivity contribution in [3.8, 4) is 40.1 Å². The standard InChI is InChI=1S/C47H31N3/c1-3-4-5-16-31(2)44-36-21-6-8-23-38(36)47(39-24-9-7-22-37(39)44)40-25-14-17-32(29-48)45(40)46-33(30-49)18-15-28-43(46)50-41-26-12-10-19-34(41)35-20-11-13-27-42(35)50/h3-28H,1H2,2H3/b5-4-,31-16+. The molecule has 8 aromatic rings. The average molecular weight is 638 g/mol. The van der Waals surface area contributed by atoms with E-state index in [1.807, 2.05) is 48.6 Å². The molecule has 7 aromatic carbocycles. The summed E-state index contributed by atoms with van der Waals surface area (Å²) in [5.41, 5.74) is 9.65. The number of fused-ring (bicyclic) bond motifs is 5. The molecule has 1 aromatic heterocycles. The normalized spacial score (nSPS) is 11.8. The minimum atomic E-state index is 0.506. The Hall–Kier alpha value is -6.94. The zero-order valence-corrected chi connectivity index (χ0v) is 27.6. The summed E-state index contributed by atoms with van der Waals surface area (Å²) >= 11 is 0. The van der Waals surface area contributed by atoms with Gasteiger partial charge < -0.3 is 4.57 Å². The van der Waals surface area contributed by atoms with Crippen molar-refractivity contribution in [3.05, 3.63) is 181 Å². The molecule has 50 heavy (non-hydrogen) atoms. The number of benzene rings is 7. The Kier molecular flexibility index (Phi) is 7.65. The lowest BCUT2D eigenvalue weighted by molar-refractivity contribution is 1.18. The van der Waals surface area contributed by atoms with Crippen LogP contribution in [0.5, 0.6) is 0 Å². The van der Waals surface area contributed by atoms with E-state index in [2.05, 4.69) is 133 Å². The fourth-order valence-electron chi connectivity index (χ4n) is 7.59. The Labute approximate surface area is 291 Å². The van der Waals surface area contributed by atoms with Crippen LogP contribution in [0.3, 0.4) is 0 Å². The molecule has 0 saturated carbocycles. The Morgan fingerprint density at radius 1 is 0.540 bits per heavy atom. The van der Waals surface area contributed by atoms with Crippen molar-refractivity contribution in [2.45, 2.75) is 6.92 Å². The smallest absolute Gasteiger partial charge is 0.0998 e. The highest BCUT2D eigenvalue weighted by Crippen LogP contribution is 2.48. The summed E-state index contributed by atoms with van der Waals surface area (Å²) in [5, 5.41) is 28.1. The highest BCUT2D eigenvalue weighted by Gasteiger charge is 2.25. The molecule has 0 unspecified atom stereocenters. The highest BCUT2D eigenvalue weighted by molar-refractivity contribution is 6.20. The summed E-state index contributed by atoms with van der Waals surface area (Å²) in [6.45, 7) is 5.97. The van der Waals surface area contributed by atoms with Crippen LogP contribution in [0.25, 0.3) is 76.9 Å². The maximum atomic E-state index is 10.8. The summed E-state index contributed by atoms with van der Waals surface area (Å²) in [5.74, 6) is 0. The van der Waals surface area contributed by atoms with Gasteiger partial charge in [-0.15, -0.1) is 0 Å². The third-order valence-corrected chi connectivity index (χ3v) is 9.61. The van der Waals surface area contributed by atoms with E-state index in [-0.39, 0.29) is 0 Å². The van der Waals surface area contributed by atoms with E-state index in [0.29, 0.717) is 11.1 Å². The lowest BCUT2D eigenvalue weighted by Gasteiger charge is -2.22. The predicted octanol–water partition coefficient (Wildman–Crippen LogP) is 12.3. The van der Waals surface area contributed by atoms with E-state index in [1.165, 1.54) is 0 Å². The molecule has 0 saturated heterocycles. The van der Waals surface area contributed by atoms with Gasteiger partial charge in [-0.25, -0.2) is 0 Å². The molecular formula is C47H31N3. The van der Waals surface area contributed by atoms with Crippen LogP contribution in [0, 0.1) is 22.7 Å². The average Bonchev–Trinajstić information content (AvgIpc) is 3.50. The zero-order valence-electron chi connectivity index (χ0n) is 27.6. The molecule has 0 fully saturated rings. The van der Waals surface area contributed by atoms with Gasteiger partial charge in [0.1, 0.15) is 0 Å². The number of hydrogen-bond donors (Lipinski definition) is 0. The van der Waals surface area contributed by atoms with Crippen LogP contribution < -0.4 is 0 Å². The number of aromatic nitrogens is 1. The molecule has 1 heterocycles. The second-order valence-electron chi connectivity index (χ2n) is 12.3. The molecule has 0 aliphatic rings. The second kappa shape index (κ2) is 12.6. The zero-order chi connectivity index (χ0) is 34.2. The lowest BCUT2D eigenvalue weighted by atomic mass is 9.81. The third kappa shape index (κ3) is 4.73. The SMILES string of the molecule is C=C/C=C\C=C(/C)c1c2ccccc2c(-c2cccc(C#N)c2-c2c(C#N)cccc2-n2c3ccccc3c3ccccc32)c2ccccc12. The van der Waals surface area contributed by atoms with E-state index >= 15 is 0 Å². The molecule has 0 atom stereocenters. The van der Waals surface area contributed by atoms with Crippen LogP contribution in [-0.4, -0.2) is 4.57 Å². The van der Waals surface area contributed by atoms with Crippen LogP contribution >= 0.6 is 0 Å². The first kappa shape index (κ1) is 30.4. The van der Waals surface area contributed by atoms with Crippen LogP contribution in [-0.2, 0) is 0 Å². The van der Waals surface area contributed by atoms with E-state index in [4.69, 9.17) is 0 Å². The number of nitriles is 2. The van der Waals surface area contributed by atoms with Gasteiger partial charge in [-0.3, -0.25) is 0 Å². The van der Waals surface area contributed by atoms with Crippen molar-refractivity contribution in [1.82, 2.24) is 4.57 Å². The molecule has 0 bridgehead atoms. The number of rotatable bonds is 6. The van der Waals surface area contributed by atoms with Crippen LogP contribution in [0.2, 0.25) is 0 Å². The fraction of sp³-hybridized carbons (Fsp3) is 0.0213. The van der Waals surface area contributed by atoms with Gasteiger partial charge in [0, 0.05) is 21.9 Å². The Morgan fingerprint density at radius 3 is 1.60 bits per heavy atom. The van der Waals surface area contributed by atoms with Crippen molar-refractivity contribution in [3.63, 3.8) is 0 Å². The fourth-order valence-corrected chi connectivity index (χ4v) is 7.59. The molecule has 8 rings (SSSR count). The molecule has 0 aliphatic carbocycles. The van der Waals surface area contributed by atoms with Gasteiger partial charge in [-0.1, -0.05) is 134 Å². The van der Waals surface area contributed by atoms with E-state index in [0.717, 1.165) is 82.4 Å². The third-order valence-electron chi connectivity index (χ3n) is 9.61. The largest absolute Gasteiger partial charge is 0.309 e. The molecular weight excluding hydrogens is 607 g/mol. The van der Waals surface area contributed by atoms with Crippen molar-refractivity contribution in [1.29, 1.82) is 10.5 Å². The molecule has 3 nitrogen and oxygen atoms in total. The molecule has 0 N–H and O–H groups in total. The summed E-state index contributed by atoms with van der Waals surface area (Å²) in [4.78, 5) is 0. The quantitative estimate of drug-likeness (QED) is 0.135. The monoisotopic (exact) mass is 637 g/mol. The predicted molar refractivity (Wildman–Crippen MR) is 209 cm³/mol. The molecule has 3 heteroatoms. The number of hydrogen-bond acceptors (Lipinski definition) is 2. The van der Waals surface area contributed by atoms with Gasteiger partial charge in [0.2, 0.25) is 0 Å². The van der Waals surface area contributed by atoms with E-state index in [9.17, 15) is 10.5 Å². The topological polar surface area (TPSA) is 52.5 Å². The van der Waals surface area contributed by atoms with Gasteiger partial charge in [0.25, 0.3) is 0 Å². The number of allylic oxidation sites excluding steroid dienone is 5. The van der Waals surface area contributed by atoms with E-state index in [1.54, 1.807) is 6.08 Å². The first-order valence-electron chi connectivity index (χ1n) is 16.6. The first-order valence-corrected chi connectivity index (χ1v) is 16.6. The molecule has 0 radical (unpaired) electrons. The van der Waals surface area contributed by atoms with Gasteiger partial charge in [-0.05, 0) is 81.1 Å². The summed E-state index contributed by atoms with van der Waals surface area (Å²) in [7, 11) is 0. The molecule has 234 valence electrons.